The van der Waals surface area contributed by atoms with Gasteiger partial charge in [-0.05, 0) is 20.8 Å². The number of rotatable bonds is 1. The van der Waals surface area contributed by atoms with Crippen LogP contribution in [0.25, 0.3) is 0 Å². The quantitative estimate of drug-likeness (QED) is 0.480. The molecule has 0 aromatic heterocycles. The summed E-state index contributed by atoms with van der Waals surface area (Å²) < 4.78 is 0. The van der Waals surface area contributed by atoms with E-state index in [4.69, 9.17) is 4.84 Å². The van der Waals surface area contributed by atoms with Crippen LogP contribution < -0.4 is 0 Å². The van der Waals surface area contributed by atoms with E-state index in [-0.39, 0.29) is 5.54 Å². The average molecular weight is 117 g/mol. The van der Waals surface area contributed by atoms with Crippen molar-refractivity contribution in [2.24, 2.45) is 0 Å². The molecule has 0 amide bonds. The van der Waals surface area contributed by atoms with Gasteiger partial charge < -0.3 is 4.84 Å². The Kier molecular flexibility index (Phi) is 2.44. The van der Waals surface area contributed by atoms with E-state index in [1.807, 2.05) is 12.1 Å². The van der Waals surface area contributed by atoms with E-state index in [0.29, 0.717) is 0 Å². The Bertz CT molecular complexity index is 65.4. The Morgan fingerprint density at radius 3 is 1.62 bits per heavy atom. The maximum Gasteiger partial charge on any atom is 0.0575 e. The second kappa shape index (κ2) is 2.46. The van der Waals surface area contributed by atoms with Crippen LogP contribution in [0.1, 0.15) is 20.8 Å². The third kappa shape index (κ3) is 2.28. The molecule has 0 rings (SSSR count). The van der Waals surface area contributed by atoms with E-state index in [2.05, 4.69) is 20.8 Å². The highest BCUT2D eigenvalue weighted by Gasteiger charge is 2.15. The van der Waals surface area contributed by atoms with Gasteiger partial charge in [0.15, 0.2) is 0 Å². The largest absolute Gasteiger partial charge is 0.302 e. The van der Waals surface area contributed by atoms with E-state index >= 15 is 0 Å². The van der Waals surface area contributed by atoms with Crippen molar-refractivity contribution < 1.29 is 4.84 Å². The summed E-state index contributed by atoms with van der Waals surface area (Å²) in [5.41, 5.74) is 0.120. The summed E-state index contributed by atoms with van der Waals surface area (Å²) in [5.74, 6) is 0. The lowest BCUT2D eigenvalue weighted by Crippen LogP contribution is -2.36. The molecule has 0 radical (unpaired) electrons. The van der Waals surface area contributed by atoms with Crippen molar-refractivity contribution in [3.05, 3.63) is 0 Å². The minimum Gasteiger partial charge on any atom is -0.302 e. The summed E-state index contributed by atoms with van der Waals surface area (Å²) in [6.45, 7) is 6.28. The zero-order chi connectivity index (χ0) is 6.78. The first-order chi connectivity index (χ1) is 3.48. The van der Waals surface area contributed by atoms with E-state index in [9.17, 15) is 0 Å². The minimum absolute atomic E-state index is 0.120. The fourth-order valence-corrected chi connectivity index (χ4v) is 0.274. The molecular formula is C6H15NO. The number of hydrogen-bond donors (Lipinski definition) is 0. The molecule has 0 bridgehead atoms. The van der Waals surface area contributed by atoms with Crippen molar-refractivity contribution in [2.75, 3.05) is 14.2 Å². The predicted octanol–water partition coefficient (Wildman–Crippen LogP) is 1.28. The highest BCUT2D eigenvalue weighted by atomic mass is 16.7. The molecule has 50 valence electrons. The van der Waals surface area contributed by atoms with Crippen LogP contribution in [0.15, 0.2) is 0 Å². The smallest absolute Gasteiger partial charge is 0.0575 e. The summed E-state index contributed by atoms with van der Waals surface area (Å²) in [5, 5.41) is 1.81. The van der Waals surface area contributed by atoms with Gasteiger partial charge in [-0.25, -0.2) is 0 Å². The molecular weight excluding hydrogens is 102 g/mol. The van der Waals surface area contributed by atoms with Gasteiger partial charge in [-0.2, -0.15) is 5.06 Å². The third-order valence-electron chi connectivity index (χ3n) is 1.22. The second-order valence-electron chi connectivity index (χ2n) is 2.85. The van der Waals surface area contributed by atoms with Crippen molar-refractivity contribution in [3.8, 4) is 0 Å². The van der Waals surface area contributed by atoms with Crippen LogP contribution in [0.5, 0.6) is 0 Å². The first-order valence-corrected chi connectivity index (χ1v) is 2.76. The van der Waals surface area contributed by atoms with E-state index in [1.165, 1.54) is 0 Å². The van der Waals surface area contributed by atoms with Crippen LogP contribution in [0.4, 0.5) is 0 Å². The first kappa shape index (κ1) is 7.92. The molecule has 8 heavy (non-hydrogen) atoms. The second-order valence-corrected chi connectivity index (χ2v) is 2.85. The minimum atomic E-state index is 0.120. The monoisotopic (exact) mass is 117 g/mol. The molecule has 0 N–H and O–H groups in total. The Balaban J connectivity index is 3.62. The number of hydrogen-bond acceptors (Lipinski definition) is 2. The Labute approximate surface area is 51.4 Å². The van der Waals surface area contributed by atoms with Gasteiger partial charge >= 0.3 is 0 Å². The normalized spacial score (nSPS) is 12.8. The Morgan fingerprint density at radius 1 is 1.25 bits per heavy atom. The van der Waals surface area contributed by atoms with Crippen LogP contribution in [-0.2, 0) is 4.84 Å². The molecule has 0 aliphatic carbocycles. The summed E-state index contributed by atoms with van der Waals surface area (Å²) in [7, 11) is 3.59. The van der Waals surface area contributed by atoms with Crippen LogP contribution in [-0.4, -0.2) is 24.8 Å². The number of hydroxylamine groups is 2. The van der Waals surface area contributed by atoms with Gasteiger partial charge in [-0.1, -0.05) is 0 Å². The first-order valence-electron chi connectivity index (χ1n) is 2.76. The average Bonchev–Trinajstić information content (AvgIpc) is 1.62. The van der Waals surface area contributed by atoms with Crippen LogP contribution in [0, 0.1) is 0 Å². The molecule has 2 nitrogen and oxygen atoms in total. The van der Waals surface area contributed by atoms with Gasteiger partial charge in [-0.3, -0.25) is 0 Å². The van der Waals surface area contributed by atoms with Crippen molar-refractivity contribution in [3.63, 3.8) is 0 Å². The zero-order valence-electron chi connectivity index (χ0n) is 6.36. The van der Waals surface area contributed by atoms with Crippen molar-refractivity contribution in [1.82, 2.24) is 5.06 Å². The molecule has 0 saturated carbocycles. The van der Waals surface area contributed by atoms with Gasteiger partial charge in [0, 0.05) is 12.6 Å². The van der Waals surface area contributed by atoms with Crippen LogP contribution in [0.2, 0.25) is 0 Å². The van der Waals surface area contributed by atoms with Crippen molar-refractivity contribution in [2.45, 2.75) is 26.3 Å². The maximum atomic E-state index is 4.95. The lowest BCUT2D eigenvalue weighted by atomic mass is 10.1. The van der Waals surface area contributed by atoms with Crippen molar-refractivity contribution in [1.29, 1.82) is 0 Å². The fraction of sp³-hybridized carbons (Fsp3) is 1.00. The van der Waals surface area contributed by atoms with Crippen LogP contribution in [0.3, 0.4) is 0 Å². The van der Waals surface area contributed by atoms with E-state index in [1.54, 1.807) is 7.11 Å². The van der Waals surface area contributed by atoms with E-state index < -0.39 is 0 Å². The van der Waals surface area contributed by atoms with Crippen molar-refractivity contribution >= 4 is 0 Å². The SMILES string of the molecule is CON(C)C(C)(C)C. The molecule has 0 aromatic rings. The molecule has 0 aromatic carbocycles. The standard InChI is InChI=1S/C6H15NO/c1-6(2,3)7(4)8-5/h1-5H3. The Hall–Kier alpha value is -0.0800. The lowest BCUT2D eigenvalue weighted by Gasteiger charge is -2.28. The summed E-state index contributed by atoms with van der Waals surface area (Å²) in [6, 6.07) is 0. The summed E-state index contributed by atoms with van der Waals surface area (Å²) in [6.07, 6.45) is 0. The van der Waals surface area contributed by atoms with Gasteiger partial charge in [0.05, 0.1) is 7.11 Å². The molecule has 0 fully saturated rings. The third-order valence-corrected chi connectivity index (χ3v) is 1.22. The maximum absolute atomic E-state index is 4.95. The predicted molar refractivity (Wildman–Crippen MR) is 34.5 cm³/mol. The van der Waals surface area contributed by atoms with Gasteiger partial charge in [0.25, 0.3) is 0 Å². The molecule has 0 heterocycles. The van der Waals surface area contributed by atoms with Gasteiger partial charge in [0.2, 0.25) is 0 Å². The number of nitrogens with zero attached hydrogens (tertiary/aromatic N) is 1. The van der Waals surface area contributed by atoms with E-state index in [0.717, 1.165) is 0 Å². The topological polar surface area (TPSA) is 12.5 Å². The molecule has 0 aliphatic heterocycles. The fourth-order valence-electron chi connectivity index (χ4n) is 0.274. The van der Waals surface area contributed by atoms with Gasteiger partial charge in [0.1, 0.15) is 0 Å². The Morgan fingerprint density at radius 2 is 1.62 bits per heavy atom. The van der Waals surface area contributed by atoms with Gasteiger partial charge in [-0.15, -0.1) is 0 Å². The molecule has 0 atom stereocenters. The molecule has 0 unspecified atom stereocenters. The molecule has 0 aliphatic rings. The summed E-state index contributed by atoms with van der Waals surface area (Å²) in [4.78, 5) is 4.95. The molecule has 0 saturated heterocycles. The lowest BCUT2D eigenvalue weighted by molar-refractivity contribution is -0.166. The zero-order valence-corrected chi connectivity index (χ0v) is 6.36. The molecule has 0 spiro atoms. The summed E-state index contributed by atoms with van der Waals surface area (Å²) >= 11 is 0. The van der Waals surface area contributed by atoms with Crippen LogP contribution >= 0.6 is 0 Å². The highest BCUT2D eigenvalue weighted by Crippen LogP contribution is 2.08. The molecule has 2 heteroatoms. The highest BCUT2D eigenvalue weighted by molar-refractivity contribution is 4.65.